The molecule has 0 heterocycles. The van der Waals surface area contributed by atoms with Crippen LogP contribution in [0.5, 0.6) is 0 Å². The molecule has 0 atom stereocenters. The van der Waals surface area contributed by atoms with E-state index in [1.165, 1.54) is 51.4 Å². The third kappa shape index (κ3) is 2.18. The summed E-state index contributed by atoms with van der Waals surface area (Å²) in [5, 5.41) is 0. The fourth-order valence-electron chi connectivity index (χ4n) is 2.06. The van der Waals surface area contributed by atoms with Crippen LogP contribution in [0.4, 0.5) is 0 Å². The minimum Gasteiger partial charge on any atom is -0.0741 e. The third-order valence-electron chi connectivity index (χ3n) is 3.07. The van der Waals surface area contributed by atoms with Crippen molar-refractivity contribution in [2.75, 3.05) is 0 Å². The van der Waals surface area contributed by atoms with E-state index < -0.39 is 0 Å². The highest BCUT2D eigenvalue weighted by molar-refractivity contribution is 7.39. The second-order valence-electron chi connectivity index (χ2n) is 4.03. The lowest BCUT2D eigenvalue weighted by atomic mass is 9.99. The molecule has 0 bridgehead atoms. The first-order chi connectivity index (χ1) is 5.45. The van der Waals surface area contributed by atoms with E-state index in [9.17, 15) is 0 Å². The Morgan fingerprint density at radius 1 is 0.636 bits per heavy atom. The van der Waals surface area contributed by atoms with E-state index in [0.29, 0.717) is 0 Å². The molecular weight excluding hydrogens is 151 g/mol. The first-order valence-electron chi connectivity index (χ1n) is 5.15. The van der Waals surface area contributed by atoms with Crippen molar-refractivity contribution >= 4 is 8.58 Å². The second kappa shape index (κ2) is 3.90. The minimum absolute atomic E-state index is 1.11. The molecule has 1 heteroatoms. The molecule has 2 rings (SSSR count). The van der Waals surface area contributed by atoms with E-state index in [1.807, 2.05) is 8.58 Å². The van der Waals surface area contributed by atoms with Crippen LogP contribution < -0.4 is 0 Å². The predicted molar refractivity (Wildman–Crippen MR) is 51.4 cm³/mol. The van der Waals surface area contributed by atoms with Crippen LogP contribution in [-0.2, 0) is 0 Å². The summed E-state index contributed by atoms with van der Waals surface area (Å²) < 4.78 is 0. The van der Waals surface area contributed by atoms with Crippen molar-refractivity contribution in [3.05, 3.63) is 0 Å². The molecule has 2 aliphatic rings. The van der Waals surface area contributed by atoms with Crippen LogP contribution in [0.3, 0.4) is 0 Å². The van der Waals surface area contributed by atoms with Crippen molar-refractivity contribution in [2.24, 2.45) is 0 Å². The molecule has 0 aliphatic heterocycles. The lowest BCUT2D eigenvalue weighted by molar-refractivity contribution is 0.487. The fourth-order valence-corrected chi connectivity index (χ4v) is 3.99. The first kappa shape index (κ1) is 8.05. The highest BCUT2D eigenvalue weighted by atomic mass is 31.1. The zero-order valence-corrected chi connectivity index (χ0v) is 8.15. The summed E-state index contributed by atoms with van der Waals surface area (Å²) in [5.74, 6) is 0. The summed E-state index contributed by atoms with van der Waals surface area (Å²) in [5.41, 5.74) is 2.23. The Hall–Kier alpha value is 0.430. The summed E-state index contributed by atoms with van der Waals surface area (Å²) in [7, 11) is 1.82. The molecule has 63 valence electrons. The predicted octanol–water partition coefficient (Wildman–Crippen LogP) is 3.82. The number of hydrogen-bond donors (Lipinski definition) is 0. The van der Waals surface area contributed by atoms with Crippen molar-refractivity contribution in [2.45, 2.75) is 62.7 Å². The van der Waals surface area contributed by atoms with Gasteiger partial charge in [0.1, 0.15) is 0 Å². The van der Waals surface area contributed by atoms with Gasteiger partial charge in [0.25, 0.3) is 0 Å². The monoisotopic (exact) mass is 169 g/mol. The summed E-state index contributed by atoms with van der Waals surface area (Å²) in [6, 6.07) is 0. The minimum atomic E-state index is 1.11. The molecule has 2 aliphatic carbocycles. The van der Waals surface area contributed by atoms with Crippen molar-refractivity contribution in [1.82, 2.24) is 0 Å². The topological polar surface area (TPSA) is 0 Å². The summed E-state index contributed by atoms with van der Waals surface area (Å²) >= 11 is 0. The van der Waals surface area contributed by atoms with E-state index >= 15 is 0 Å². The maximum absolute atomic E-state index is 1.82. The molecule has 0 aromatic heterocycles. The van der Waals surface area contributed by atoms with Crippen LogP contribution in [0.25, 0.3) is 0 Å². The third-order valence-corrected chi connectivity index (χ3v) is 4.95. The van der Waals surface area contributed by atoms with Gasteiger partial charge in [-0.25, -0.2) is 0 Å². The van der Waals surface area contributed by atoms with Gasteiger partial charge in [0.2, 0.25) is 0 Å². The molecule has 11 heavy (non-hydrogen) atoms. The van der Waals surface area contributed by atoms with E-state index in [-0.39, 0.29) is 0 Å². The van der Waals surface area contributed by atoms with Gasteiger partial charge < -0.3 is 0 Å². The summed E-state index contributed by atoms with van der Waals surface area (Å²) in [6.07, 6.45) is 12.2. The van der Waals surface area contributed by atoms with Gasteiger partial charge in [-0.15, -0.1) is 0 Å². The molecule has 2 saturated carbocycles. The van der Waals surface area contributed by atoms with Gasteiger partial charge in [0, 0.05) is 0 Å². The van der Waals surface area contributed by atoms with Crippen LogP contribution in [0, 0.1) is 0 Å². The molecule has 0 unspecified atom stereocenters. The molecule has 0 N–H and O–H groups in total. The normalized spacial score (nSPS) is 29.5. The SMILES string of the molecule is C1CCC([P]C2CCC2)CC1. The van der Waals surface area contributed by atoms with E-state index in [0.717, 1.165) is 11.3 Å². The Kier molecular flexibility index (Phi) is 2.85. The summed E-state index contributed by atoms with van der Waals surface area (Å²) in [4.78, 5) is 0. The maximum atomic E-state index is 1.82. The van der Waals surface area contributed by atoms with E-state index in [1.54, 1.807) is 0 Å². The van der Waals surface area contributed by atoms with Crippen LogP contribution in [-0.4, -0.2) is 11.3 Å². The number of rotatable bonds is 2. The maximum Gasteiger partial charge on any atom is -0.0168 e. The highest BCUT2D eigenvalue weighted by Gasteiger charge is 2.23. The van der Waals surface area contributed by atoms with Crippen molar-refractivity contribution in [1.29, 1.82) is 0 Å². The lowest BCUT2D eigenvalue weighted by Gasteiger charge is -2.30. The summed E-state index contributed by atoms with van der Waals surface area (Å²) in [6.45, 7) is 0. The average Bonchev–Trinajstić information content (AvgIpc) is 1.99. The van der Waals surface area contributed by atoms with Crippen molar-refractivity contribution in [3.8, 4) is 0 Å². The van der Waals surface area contributed by atoms with Crippen molar-refractivity contribution < 1.29 is 0 Å². The zero-order chi connectivity index (χ0) is 7.52. The van der Waals surface area contributed by atoms with Gasteiger partial charge in [-0.1, -0.05) is 34.3 Å². The number of hydrogen-bond acceptors (Lipinski definition) is 0. The highest BCUT2D eigenvalue weighted by Crippen LogP contribution is 2.43. The molecule has 2 fully saturated rings. The van der Waals surface area contributed by atoms with E-state index in [4.69, 9.17) is 0 Å². The standard InChI is InChI=1S/C10H18P/c1-2-5-9(6-3-1)11-10-7-4-8-10/h9-10H,1-8H2. The van der Waals surface area contributed by atoms with Crippen molar-refractivity contribution in [3.63, 3.8) is 0 Å². The smallest absolute Gasteiger partial charge is 0.0168 e. The van der Waals surface area contributed by atoms with Gasteiger partial charge >= 0.3 is 0 Å². The molecular formula is C10H18P. The molecule has 0 saturated heterocycles. The van der Waals surface area contributed by atoms with Crippen LogP contribution >= 0.6 is 8.58 Å². The average molecular weight is 169 g/mol. The Labute approximate surface area is 71.9 Å². The van der Waals surface area contributed by atoms with Crippen LogP contribution in [0.1, 0.15) is 51.4 Å². The quantitative estimate of drug-likeness (QED) is 0.551. The lowest BCUT2D eigenvalue weighted by Crippen LogP contribution is -2.17. The Bertz CT molecular complexity index is 112. The Morgan fingerprint density at radius 3 is 1.64 bits per heavy atom. The van der Waals surface area contributed by atoms with E-state index in [2.05, 4.69) is 0 Å². The molecule has 1 radical (unpaired) electrons. The molecule has 0 aromatic carbocycles. The molecule has 0 spiro atoms. The van der Waals surface area contributed by atoms with Gasteiger partial charge in [0.15, 0.2) is 0 Å². The molecule has 0 aromatic rings. The van der Waals surface area contributed by atoms with Gasteiger partial charge in [-0.3, -0.25) is 0 Å². The van der Waals surface area contributed by atoms with Crippen LogP contribution in [0.2, 0.25) is 0 Å². The van der Waals surface area contributed by atoms with Gasteiger partial charge in [-0.2, -0.15) is 0 Å². The largest absolute Gasteiger partial charge is 0.0741 e. The molecule has 0 nitrogen and oxygen atoms in total. The Balaban J connectivity index is 1.67. The second-order valence-corrected chi connectivity index (χ2v) is 5.78. The van der Waals surface area contributed by atoms with Crippen LogP contribution in [0.15, 0.2) is 0 Å². The van der Waals surface area contributed by atoms with Gasteiger partial charge in [0.05, 0.1) is 0 Å². The zero-order valence-electron chi connectivity index (χ0n) is 7.26. The first-order valence-corrected chi connectivity index (χ1v) is 6.18. The molecule has 0 amide bonds. The Morgan fingerprint density at radius 2 is 1.18 bits per heavy atom. The fraction of sp³-hybridized carbons (Fsp3) is 1.00. The van der Waals surface area contributed by atoms with Gasteiger partial charge in [-0.05, 0) is 37.0 Å².